The van der Waals surface area contributed by atoms with Gasteiger partial charge in [0.15, 0.2) is 0 Å². The van der Waals surface area contributed by atoms with E-state index in [0.29, 0.717) is 11.4 Å². The lowest BCUT2D eigenvalue weighted by Crippen LogP contribution is -2.29. The van der Waals surface area contributed by atoms with E-state index in [9.17, 15) is 9.59 Å². The minimum absolute atomic E-state index is 0.592. The van der Waals surface area contributed by atoms with Gasteiger partial charge in [-0.1, -0.05) is 42.5 Å². The Morgan fingerprint density at radius 1 is 0.750 bits per heavy atom. The zero-order chi connectivity index (χ0) is 17.1. The molecule has 4 heteroatoms. The molecule has 0 aliphatic heterocycles. The Morgan fingerprint density at radius 3 is 2.25 bits per heavy atom. The van der Waals surface area contributed by atoms with Crippen molar-refractivity contribution in [2.75, 3.05) is 10.6 Å². The molecule has 4 nitrogen and oxygen atoms in total. The molecule has 0 aliphatic carbocycles. The number of hydrogen-bond acceptors (Lipinski definition) is 2. The molecule has 3 aromatic carbocycles. The van der Waals surface area contributed by atoms with Crippen LogP contribution in [0.3, 0.4) is 0 Å². The number of benzene rings is 3. The number of rotatable bonds is 2. The van der Waals surface area contributed by atoms with E-state index >= 15 is 0 Å². The van der Waals surface area contributed by atoms with Crippen LogP contribution in [0.1, 0.15) is 11.1 Å². The van der Waals surface area contributed by atoms with Gasteiger partial charge in [0.2, 0.25) is 0 Å². The maximum absolute atomic E-state index is 12.1. The van der Waals surface area contributed by atoms with Gasteiger partial charge in [-0.2, -0.15) is 0 Å². The second-order valence-electron chi connectivity index (χ2n) is 5.79. The molecule has 0 fully saturated rings. The quantitative estimate of drug-likeness (QED) is 0.701. The van der Waals surface area contributed by atoms with Crippen LogP contribution in [-0.4, -0.2) is 11.8 Å². The molecule has 0 spiro atoms. The highest BCUT2D eigenvalue weighted by Crippen LogP contribution is 2.19. The highest BCUT2D eigenvalue weighted by Gasteiger charge is 2.15. The van der Waals surface area contributed by atoms with E-state index in [1.807, 2.05) is 68.4 Å². The second kappa shape index (κ2) is 6.54. The maximum Gasteiger partial charge on any atom is 0.314 e. The predicted molar refractivity (Wildman–Crippen MR) is 97.1 cm³/mol. The Hall–Kier alpha value is -3.14. The SMILES string of the molecule is Cc1ccc(C)c(NC(=O)C(=O)Nc2ccc3ccccc3c2)c1. The molecular formula is C20H18N2O2. The molecule has 0 saturated heterocycles. The number of amides is 2. The lowest BCUT2D eigenvalue weighted by molar-refractivity contribution is -0.133. The molecule has 2 amide bonds. The van der Waals surface area contributed by atoms with Crippen LogP contribution in [0.15, 0.2) is 60.7 Å². The standard InChI is InChI=1S/C20H18N2O2/c1-13-7-8-14(2)18(11-13)22-20(24)19(23)21-17-10-9-15-5-3-4-6-16(15)12-17/h3-12H,1-2H3,(H,21,23)(H,22,24). The van der Waals surface area contributed by atoms with Crippen molar-refractivity contribution in [2.45, 2.75) is 13.8 Å². The summed E-state index contributed by atoms with van der Waals surface area (Å²) in [6.07, 6.45) is 0. The smallest absolute Gasteiger partial charge is 0.314 e. The lowest BCUT2D eigenvalue weighted by atomic mass is 10.1. The number of carbonyl (C=O) groups is 2. The molecule has 120 valence electrons. The minimum Gasteiger partial charge on any atom is -0.318 e. The van der Waals surface area contributed by atoms with Crippen molar-refractivity contribution in [3.05, 3.63) is 71.8 Å². The third kappa shape index (κ3) is 3.43. The fourth-order valence-electron chi connectivity index (χ4n) is 2.50. The van der Waals surface area contributed by atoms with Crippen LogP contribution in [0, 0.1) is 13.8 Å². The molecular weight excluding hydrogens is 300 g/mol. The van der Waals surface area contributed by atoms with E-state index in [1.165, 1.54) is 0 Å². The Bertz CT molecular complexity index is 932. The van der Waals surface area contributed by atoms with Crippen molar-refractivity contribution in [1.29, 1.82) is 0 Å². The van der Waals surface area contributed by atoms with Gasteiger partial charge in [-0.15, -0.1) is 0 Å². The van der Waals surface area contributed by atoms with Crippen molar-refractivity contribution < 1.29 is 9.59 Å². The summed E-state index contributed by atoms with van der Waals surface area (Å²) in [4.78, 5) is 24.2. The zero-order valence-electron chi connectivity index (χ0n) is 13.6. The van der Waals surface area contributed by atoms with Crippen LogP contribution in [0.4, 0.5) is 11.4 Å². The molecule has 24 heavy (non-hydrogen) atoms. The molecule has 0 bridgehead atoms. The number of aryl methyl sites for hydroxylation is 2. The van der Waals surface area contributed by atoms with Gasteiger partial charge >= 0.3 is 11.8 Å². The Labute approximate surface area is 140 Å². The van der Waals surface area contributed by atoms with Crippen LogP contribution in [0.2, 0.25) is 0 Å². The van der Waals surface area contributed by atoms with Gasteiger partial charge in [-0.05, 0) is 53.9 Å². The molecule has 3 aromatic rings. The fraction of sp³-hybridized carbons (Fsp3) is 0.100. The summed E-state index contributed by atoms with van der Waals surface area (Å²) in [5.74, 6) is -1.37. The van der Waals surface area contributed by atoms with E-state index in [4.69, 9.17) is 0 Å². The first-order valence-corrected chi connectivity index (χ1v) is 7.71. The summed E-state index contributed by atoms with van der Waals surface area (Å²) in [5, 5.41) is 7.38. The van der Waals surface area contributed by atoms with Gasteiger partial charge in [-0.3, -0.25) is 9.59 Å². The first kappa shape index (κ1) is 15.7. The van der Waals surface area contributed by atoms with Gasteiger partial charge in [0.05, 0.1) is 0 Å². The summed E-state index contributed by atoms with van der Waals surface area (Å²) < 4.78 is 0. The molecule has 0 aromatic heterocycles. The molecule has 0 saturated carbocycles. The third-order valence-electron chi connectivity index (χ3n) is 3.85. The topological polar surface area (TPSA) is 58.2 Å². The number of fused-ring (bicyclic) bond motifs is 1. The van der Waals surface area contributed by atoms with Crippen LogP contribution in [0.5, 0.6) is 0 Å². The Kier molecular flexibility index (Phi) is 4.29. The Balaban J connectivity index is 1.73. The summed E-state index contributed by atoms with van der Waals surface area (Å²) >= 11 is 0. The van der Waals surface area contributed by atoms with Gasteiger partial charge in [-0.25, -0.2) is 0 Å². The average molecular weight is 318 g/mol. The lowest BCUT2D eigenvalue weighted by Gasteiger charge is -2.10. The van der Waals surface area contributed by atoms with E-state index in [1.54, 1.807) is 6.07 Å². The van der Waals surface area contributed by atoms with Gasteiger partial charge in [0.25, 0.3) is 0 Å². The van der Waals surface area contributed by atoms with Crippen LogP contribution >= 0.6 is 0 Å². The molecule has 0 unspecified atom stereocenters. The van der Waals surface area contributed by atoms with Crippen molar-refractivity contribution in [3.63, 3.8) is 0 Å². The van der Waals surface area contributed by atoms with Crippen LogP contribution in [-0.2, 0) is 9.59 Å². The van der Waals surface area contributed by atoms with E-state index in [0.717, 1.165) is 21.9 Å². The summed E-state index contributed by atoms with van der Waals surface area (Å²) in [6, 6.07) is 19.1. The minimum atomic E-state index is -0.689. The van der Waals surface area contributed by atoms with Gasteiger partial charge < -0.3 is 10.6 Å². The van der Waals surface area contributed by atoms with Crippen LogP contribution < -0.4 is 10.6 Å². The second-order valence-corrected chi connectivity index (χ2v) is 5.79. The highest BCUT2D eigenvalue weighted by atomic mass is 16.2. The average Bonchev–Trinajstić information content (AvgIpc) is 2.58. The highest BCUT2D eigenvalue weighted by molar-refractivity contribution is 6.43. The first-order valence-electron chi connectivity index (χ1n) is 7.71. The largest absolute Gasteiger partial charge is 0.318 e. The number of nitrogens with one attached hydrogen (secondary N) is 2. The Morgan fingerprint density at radius 2 is 1.46 bits per heavy atom. The molecule has 0 heterocycles. The zero-order valence-corrected chi connectivity index (χ0v) is 13.6. The number of carbonyl (C=O) groups excluding carboxylic acids is 2. The maximum atomic E-state index is 12.1. The molecule has 2 N–H and O–H groups in total. The molecule has 0 aliphatic rings. The molecule has 3 rings (SSSR count). The van der Waals surface area contributed by atoms with Crippen molar-refractivity contribution >= 4 is 34.0 Å². The number of hydrogen-bond donors (Lipinski definition) is 2. The van der Waals surface area contributed by atoms with Crippen molar-refractivity contribution in [3.8, 4) is 0 Å². The summed E-state index contributed by atoms with van der Waals surface area (Å²) in [6.45, 7) is 3.82. The van der Waals surface area contributed by atoms with Crippen LogP contribution in [0.25, 0.3) is 10.8 Å². The first-order chi connectivity index (χ1) is 11.5. The molecule has 0 atom stereocenters. The third-order valence-corrected chi connectivity index (χ3v) is 3.85. The van der Waals surface area contributed by atoms with Crippen molar-refractivity contribution in [1.82, 2.24) is 0 Å². The summed E-state index contributed by atoms with van der Waals surface area (Å²) in [5.41, 5.74) is 3.17. The predicted octanol–water partition coefficient (Wildman–Crippen LogP) is 4.03. The fourth-order valence-corrected chi connectivity index (χ4v) is 2.50. The normalized spacial score (nSPS) is 10.4. The van der Waals surface area contributed by atoms with E-state index in [2.05, 4.69) is 10.6 Å². The van der Waals surface area contributed by atoms with E-state index < -0.39 is 11.8 Å². The van der Waals surface area contributed by atoms with Gasteiger partial charge in [0, 0.05) is 11.4 Å². The van der Waals surface area contributed by atoms with E-state index in [-0.39, 0.29) is 0 Å². The van der Waals surface area contributed by atoms with Crippen molar-refractivity contribution in [2.24, 2.45) is 0 Å². The summed E-state index contributed by atoms with van der Waals surface area (Å²) in [7, 11) is 0. The number of anilines is 2. The van der Waals surface area contributed by atoms with Gasteiger partial charge in [0.1, 0.15) is 0 Å². The molecule has 0 radical (unpaired) electrons. The monoisotopic (exact) mass is 318 g/mol.